The van der Waals surface area contributed by atoms with Crippen molar-refractivity contribution in [1.29, 1.82) is 5.26 Å². The van der Waals surface area contributed by atoms with Crippen molar-refractivity contribution in [3.8, 4) is 28.8 Å². The van der Waals surface area contributed by atoms with Gasteiger partial charge in [-0.25, -0.2) is 18.8 Å². The van der Waals surface area contributed by atoms with E-state index in [0.29, 0.717) is 16.9 Å². The Morgan fingerprint density at radius 3 is 2.54 bits per heavy atom. The first-order valence-corrected chi connectivity index (χ1v) is 11.7. The van der Waals surface area contributed by atoms with Crippen LogP contribution in [0, 0.1) is 18.3 Å². The number of aliphatic hydroxyl groups excluding tert-OH is 1. The molecule has 0 radical (unpaired) electrons. The smallest absolute Gasteiger partial charge is 0.388 e. The van der Waals surface area contributed by atoms with Crippen LogP contribution in [-0.4, -0.2) is 55.4 Å². The Bertz CT molecular complexity index is 1650. The van der Waals surface area contributed by atoms with Crippen molar-refractivity contribution in [3.05, 3.63) is 88.1 Å². The van der Waals surface area contributed by atoms with Gasteiger partial charge in [0.25, 0.3) is 0 Å². The summed E-state index contributed by atoms with van der Waals surface area (Å²) >= 11 is 0. The zero-order valence-electron chi connectivity index (χ0n) is 20.4. The lowest BCUT2D eigenvalue weighted by Crippen LogP contribution is -2.47. The zero-order chi connectivity index (χ0) is 27.9. The monoisotopic (exact) mass is 538 g/mol. The number of nitrogens with zero attached hydrogens (tertiary/aromatic N) is 5. The largest absolute Gasteiger partial charge is 0.416 e. The number of nitriles is 1. The molecule has 2 unspecified atom stereocenters. The molecule has 0 saturated carbocycles. The molecule has 1 aliphatic heterocycles. The van der Waals surface area contributed by atoms with Gasteiger partial charge in [0.1, 0.15) is 5.69 Å². The minimum Gasteiger partial charge on any atom is -0.388 e. The number of alkyl halides is 3. The van der Waals surface area contributed by atoms with Gasteiger partial charge < -0.3 is 15.2 Å². The first kappa shape index (κ1) is 26.0. The SMILES string of the molecule is Cc1c(-c2ccnn2-c2ccc(C#N)cc2)n(C(=O)NC2COCC2O)c(=O)n1-c1cccc(C(F)(F)F)c1. The molecule has 1 saturated heterocycles. The number of nitrogens with one attached hydrogen (secondary N) is 1. The number of benzene rings is 2. The number of imidazole rings is 1. The Hall–Kier alpha value is -4.67. The maximum absolute atomic E-state index is 13.7. The predicted molar refractivity (Wildman–Crippen MR) is 132 cm³/mol. The zero-order valence-corrected chi connectivity index (χ0v) is 20.4. The first-order valence-electron chi connectivity index (χ1n) is 11.7. The van der Waals surface area contributed by atoms with Crippen molar-refractivity contribution < 1.29 is 27.8 Å². The number of halogens is 3. The molecular weight excluding hydrogens is 517 g/mol. The molecule has 1 aliphatic rings. The Balaban J connectivity index is 1.71. The average Bonchev–Trinajstić information content (AvgIpc) is 3.61. The van der Waals surface area contributed by atoms with E-state index in [1.165, 1.54) is 29.9 Å². The second kappa shape index (κ2) is 9.90. The van der Waals surface area contributed by atoms with Crippen LogP contribution < -0.4 is 11.0 Å². The average molecular weight is 538 g/mol. The molecule has 2 aromatic heterocycles. The molecule has 0 bridgehead atoms. The number of rotatable bonds is 4. The molecule has 3 heterocycles. The summed E-state index contributed by atoms with van der Waals surface area (Å²) in [4.78, 5) is 27.2. The molecule has 2 aromatic carbocycles. The Kier molecular flexibility index (Phi) is 6.59. The number of hydrogen-bond acceptors (Lipinski definition) is 6. The highest BCUT2D eigenvalue weighted by atomic mass is 19.4. The number of hydrogen-bond donors (Lipinski definition) is 2. The number of aliphatic hydroxyl groups is 1. The summed E-state index contributed by atoms with van der Waals surface area (Å²) in [5.74, 6) is 0. The van der Waals surface area contributed by atoms with E-state index in [-0.39, 0.29) is 30.3 Å². The number of aromatic nitrogens is 4. The van der Waals surface area contributed by atoms with Crippen LogP contribution in [0.4, 0.5) is 18.0 Å². The Morgan fingerprint density at radius 2 is 1.90 bits per heavy atom. The van der Waals surface area contributed by atoms with E-state index in [2.05, 4.69) is 10.4 Å². The van der Waals surface area contributed by atoms with E-state index >= 15 is 0 Å². The van der Waals surface area contributed by atoms with Gasteiger partial charge in [-0.15, -0.1) is 0 Å². The van der Waals surface area contributed by atoms with Gasteiger partial charge in [-0.3, -0.25) is 4.57 Å². The molecule has 13 heteroatoms. The number of ether oxygens (including phenoxy) is 1. The van der Waals surface area contributed by atoms with Crippen molar-refractivity contribution >= 4 is 6.03 Å². The van der Waals surface area contributed by atoms with E-state index in [4.69, 9.17) is 10.00 Å². The number of amides is 1. The third-order valence-electron chi connectivity index (χ3n) is 6.40. The van der Waals surface area contributed by atoms with Gasteiger partial charge in [-0.1, -0.05) is 6.07 Å². The highest BCUT2D eigenvalue weighted by Gasteiger charge is 2.33. The first-order chi connectivity index (χ1) is 18.6. The van der Waals surface area contributed by atoms with Crippen LogP contribution in [-0.2, 0) is 10.9 Å². The summed E-state index contributed by atoms with van der Waals surface area (Å²) in [7, 11) is 0. The van der Waals surface area contributed by atoms with Crippen LogP contribution in [0.25, 0.3) is 22.8 Å². The minimum absolute atomic E-state index is 0.00242. The van der Waals surface area contributed by atoms with Gasteiger partial charge in [0.05, 0.1) is 71.5 Å². The molecule has 1 amide bonds. The summed E-state index contributed by atoms with van der Waals surface area (Å²) in [6.07, 6.45) is -4.21. The van der Waals surface area contributed by atoms with Crippen molar-refractivity contribution in [2.24, 2.45) is 0 Å². The third-order valence-corrected chi connectivity index (χ3v) is 6.40. The fourth-order valence-electron chi connectivity index (χ4n) is 4.49. The third kappa shape index (κ3) is 4.71. The van der Waals surface area contributed by atoms with Gasteiger partial charge in [-0.05, 0) is 55.5 Å². The maximum Gasteiger partial charge on any atom is 0.416 e. The molecule has 10 nitrogen and oxygen atoms in total. The van der Waals surface area contributed by atoms with Crippen LogP contribution in [0.5, 0.6) is 0 Å². The molecule has 2 atom stereocenters. The van der Waals surface area contributed by atoms with Crippen LogP contribution in [0.1, 0.15) is 16.8 Å². The van der Waals surface area contributed by atoms with E-state index in [1.807, 2.05) is 6.07 Å². The normalized spacial score (nSPS) is 17.2. The molecule has 39 heavy (non-hydrogen) atoms. The molecule has 2 N–H and O–H groups in total. The van der Waals surface area contributed by atoms with E-state index < -0.39 is 35.6 Å². The molecule has 4 aromatic rings. The van der Waals surface area contributed by atoms with Crippen LogP contribution in [0.2, 0.25) is 0 Å². The lowest BCUT2D eigenvalue weighted by atomic mass is 10.1. The molecule has 200 valence electrons. The molecule has 5 rings (SSSR count). The summed E-state index contributed by atoms with van der Waals surface area (Å²) in [6.45, 7) is 1.53. The summed E-state index contributed by atoms with van der Waals surface area (Å²) in [6, 6.07) is 12.5. The fourth-order valence-corrected chi connectivity index (χ4v) is 4.49. The molecule has 1 fully saturated rings. The summed E-state index contributed by atoms with van der Waals surface area (Å²) < 4.78 is 48.8. The number of carbonyl (C=O) groups excluding carboxylic acids is 1. The maximum atomic E-state index is 13.7. The quantitative estimate of drug-likeness (QED) is 0.411. The van der Waals surface area contributed by atoms with Crippen molar-refractivity contribution in [2.45, 2.75) is 25.2 Å². The van der Waals surface area contributed by atoms with Crippen LogP contribution >= 0.6 is 0 Å². The van der Waals surface area contributed by atoms with Gasteiger partial charge in [0.15, 0.2) is 0 Å². The van der Waals surface area contributed by atoms with Crippen molar-refractivity contribution in [3.63, 3.8) is 0 Å². The predicted octanol–water partition coefficient (Wildman–Crippen LogP) is 3.01. The van der Waals surface area contributed by atoms with Crippen LogP contribution in [0.15, 0.2) is 65.6 Å². The van der Waals surface area contributed by atoms with Gasteiger partial charge in [0.2, 0.25) is 0 Å². The topological polar surface area (TPSA) is 127 Å². The van der Waals surface area contributed by atoms with Crippen LogP contribution in [0.3, 0.4) is 0 Å². The summed E-state index contributed by atoms with van der Waals surface area (Å²) in [5, 5.41) is 26.1. The highest BCUT2D eigenvalue weighted by Crippen LogP contribution is 2.32. The second-order valence-corrected chi connectivity index (χ2v) is 8.88. The second-order valence-electron chi connectivity index (χ2n) is 8.88. The minimum atomic E-state index is -4.65. The van der Waals surface area contributed by atoms with Gasteiger partial charge in [-0.2, -0.15) is 23.5 Å². The van der Waals surface area contributed by atoms with Crippen molar-refractivity contribution in [2.75, 3.05) is 13.2 Å². The lowest BCUT2D eigenvalue weighted by molar-refractivity contribution is -0.137. The lowest BCUT2D eigenvalue weighted by Gasteiger charge is -2.16. The van der Waals surface area contributed by atoms with Gasteiger partial charge in [0, 0.05) is 0 Å². The fraction of sp³-hybridized carbons (Fsp3) is 0.231. The number of carbonyl (C=O) groups is 1. The Morgan fingerprint density at radius 1 is 1.15 bits per heavy atom. The molecule has 0 spiro atoms. The van der Waals surface area contributed by atoms with E-state index in [1.54, 1.807) is 30.3 Å². The Labute approximate surface area is 219 Å². The van der Waals surface area contributed by atoms with Crippen molar-refractivity contribution in [1.82, 2.24) is 24.2 Å². The van der Waals surface area contributed by atoms with Gasteiger partial charge >= 0.3 is 17.9 Å². The van der Waals surface area contributed by atoms with E-state index in [9.17, 15) is 27.9 Å². The molecular formula is C26H21F3N6O4. The summed E-state index contributed by atoms with van der Waals surface area (Å²) in [5.41, 5.74) is -0.503. The van der Waals surface area contributed by atoms with E-state index in [0.717, 1.165) is 21.3 Å². The standard InChI is InChI=1S/C26H21F3N6O4/c1-15-23(21-9-10-31-35(21)18-7-5-16(12-30)6-8-18)34(24(37)32-20-13-39-14-22(20)36)25(38)33(15)19-4-2-3-17(11-19)26(27,28)29/h2-11,20,22,36H,13-14H2,1H3,(H,32,37). The molecule has 0 aliphatic carbocycles. The highest BCUT2D eigenvalue weighted by molar-refractivity contribution is 5.83.